The van der Waals surface area contributed by atoms with Crippen LogP contribution < -0.4 is 16.0 Å². The number of nitrogens with one attached hydrogen (secondary N) is 1. The standard InChI is InChI=1S/C20H17N3OS/c21-20(25)22-16-11-13-18(14-12-16)23(17-9-5-2-6-10-17)19(24)15-7-3-1-4-8-15/h1-14H,(H3,21,22,25). The molecule has 0 saturated carbocycles. The average molecular weight is 347 g/mol. The second-order valence-electron chi connectivity index (χ2n) is 5.38. The second-order valence-corrected chi connectivity index (χ2v) is 5.82. The van der Waals surface area contributed by atoms with Crippen LogP contribution in [-0.4, -0.2) is 11.0 Å². The van der Waals surface area contributed by atoms with Crippen LogP contribution in [0.15, 0.2) is 84.9 Å². The molecule has 0 aromatic heterocycles. The molecule has 3 aromatic carbocycles. The molecule has 0 aliphatic heterocycles. The molecule has 1 amide bonds. The van der Waals surface area contributed by atoms with E-state index in [0.29, 0.717) is 5.56 Å². The van der Waals surface area contributed by atoms with Gasteiger partial charge in [0.05, 0.1) is 0 Å². The molecule has 0 fully saturated rings. The van der Waals surface area contributed by atoms with Gasteiger partial charge in [0, 0.05) is 22.6 Å². The molecule has 0 spiro atoms. The van der Waals surface area contributed by atoms with Gasteiger partial charge in [-0.3, -0.25) is 9.69 Å². The summed E-state index contributed by atoms with van der Waals surface area (Å²) in [7, 11) is 0. The summed E-state index contributed by atoms with van der Waals surface area (Å²) in [6, 6.07) is 26.1. The fourth-order valence-electron chi connectivity index (χ4n) is 2.51. The van der Waals surface area contributed by atoms with Crippen molar-refractivity contribution in [2.45, 2.75) is 0 Å². The Bertz CT molecular complexity index is 864. The summed E-state index contributed by atoms with van der Waals surface area (Å²) in [5.41, 5.74) is 8.45. The molecule has 0 heterocycles. The normalized spacial score (nSPS) is 10.1. The van der Waals surface area contributed by atoms with Crippen molar-refractivity contribution in [2.24, 2.45) is 5.73 Å². The minimum absolute atomic E-state index is 0.0955. The van der Waals surface area contributed by atoms with Gasteiger partial charge >= 0.3 is 0 Å². The molecule has 3 aromatic rings. The number of anilines is 3. The van der Waals surface area contributed by atoms with E-state index in [4.69, 9.17) is 18.0 Å². The average Bonchev–Trinajstić information content (AvgIpc) is 2.64. The van der Waals surface area contributed by atoms with E-state index in [9.17, 15) is 4.79 Å². The molecule has 0 aliphatic carbocycles. The molecular formula is C20H17N3OS. The lowest BCUT2D eigenvalue weighted by Crippen LogP contribution is -2.26. The van der Waals surface area contributed by atoms with Crippen LogP contribution in [0, 0.1) is 0 Å². The van der Waals surface area contributed by atoms with Crippen LogP contribution in [0.25, 0.3) is 0 Å². The van der Waals surface area contributed by atoms with E-state index in [1.165, 1.54) is 0 Å². The summed E-state index contributed by atoms with van der Waals surface area (Å²) in [6.45, 7) is 0. The molecule has 0 unspecified atom stereocenters. The highest BCUT2D eigenvalue weighted by Crippen LogP contribution is 2.28. The van der Waals surface area contributed by atoms with Gasteiger partial charge in [0.2, 0.25) is 0 Å². The van der Waals surface area contributed by atoms with Gasteiger partial charge in [-0.15, -0.1) is 0 Å². The first-order valence-electron chi connectivity index (χ1n) is 7.76. The third-order valence-corrected chi connectivity index (χ3v) is 3.73. The third-order valence-electron chi connectivity index (χ3n) is 3.63. The molecule has 5 heteroatoms. The molecule has 124 valence electrons. The lowest BCUT2D eigenvalue weighted by Gasteiger charge is -2.23. The predicted octanol–water partition coefficient (Wildman–Crippen LogP) is 4.32. The molecular weight excluding hydrogens is 330 g/mol. The Morgan fingerprint density at radius 3 is 1.88 bits per heavy atom. The van der Waals surface area contributed by atoms with E-state index in [2.05, 4.69) is 5.32 Å². The van der Waals surface area contributed by atoms with Crippen molar-refractivity contribution in [1.29, 1.82) is 0 Å². The zero-order valence-corrected chi connectivity index (χ0v) is 14.2. The number of benzene rings is 3. The van der Waals surface area contributed by atoms with Gasteiger partial charge < -0.3 is 11.1 Å². The Hall–Kier alpha value is -3.18. The first-order valence-corrected chi connectivity index (χ1v) is 8.17. The van der Waals surface area contributed by atoms with Crippen molar-refractivity contribution in [2.75, 3.05) is 10.2 Å². The monoisotopic (exact) mass is 347 g/mol. The minimum Gasteiger partial charge on any atom is -0.376 e. The van der Waals surface area contributed by atoms with Crippen molar-refractivity contribution in [3.8, 4) is 0 Å². The highest BCUT2D eigenvalue weighted by molar-refractivity contribution is 7.80. The Morgan fingerprint density at radius 2 is 1.32 bits per heavy atom. The van der Waals surface area contributed by atoms with Gasteiger partial charge in [0.25, 0.3) is 5.91 Å². The number of amides is 1. The second kappa shape index (κ2) is 7.59. The van der Waals surface area contributed by atoms with Gasteiger partial charge in [-0.2, -0.15) is 0 Å². The Morgan fingerprint density at radius 1 is 0.800 bits per heavy atom. The van der Waals surface area contributed by atoms with Crippen molar-refractivity contribution < 1.29 is 4.79 Å². The Balaban J connectivity index is 2.00. The van der Waals surface area contributed by atoms with E-state index in [-0.39, 0.29) is 11.0 Å². The van der Waals surface area contributed by atoms with Gasteiger partial charge in [0.1, 0.15) is 0 Å². The minimum atomic E-state index is -0.0955. The fraction of sp³-hybridized carbons (Fsp3) is 0. The zero-order chi connectivity index (χ0) is 17.6. The maximum atomic E-state index is 13.1. The molecule has 0 bridgehead atoms. The summed E-state index contributed by atoms with van der Waals surface area (Å²) >= 11 is 4.85. The van der Waals surface area contributed by atoms with Gasteiger partial charge in [0.15, 0.2) is 5.11 Å². The molecule has 0 aliphatic rings. The largest absolute Gasteiger partial charge is 0.376 e. The van der Waals surface area contributed by atoms with Crippen molar-refractivity contribution in [3.63, 3.8) is 0 Å². The lowest BCUT2D eigenvalue weighted by atomic mass is 10.1. The highest BCUT2D eigenvalue weighted by atomic mass is 32.1. The zero-order valence-electron chi connectivity index (χ0n) is 13.4. The fourth-order valence-corrected chi connectivity index (χ4v) is 2.62. The molecule has 0 radical (unpaired) electrons. The van der Waals surface area contributed by atoms with Crippen LogP contribution in [0.1, 0.15) is 10.4 Å². The summed E-state index contributed by atoms with van der Waals surface area (Å²) in [4.78, 5) is 14.8. The van der Waals surface area contributed by atoms with E-state index in [0.717, 1.165) is 17.1 Å². The number of thiocarbonyl (C=S) groups is 1. The van der Waals surface area contributed by atoms with Crippen LogP contribution in [0.2, 0.25) is 0 Å². The van der Waals surface area contributed by atoms with Gasteiger partial charge in [-0.1, -0.05) is 36.4 Å². The quantitative estimate of drug-likeness (QED) is 0.690. The van der Waals surface area contributed by atoms with E-state index >= 15 is 0 Å². The third kappa shape index (κ3) is 4.02. The summed E-state index contributed by atoms with van der Waals surface area (Å²) in [5, 5.41) is 3.08. The lowest BCUT2D eigenvalue weighted by molar-refractivity contribution is 0.0999. The summed E-state index contributed by atoms with van der Waals surface area (Å²) in [5.74, 6) is -0.0955. The van der Waals surface area contributed by atoms with Crippen LogP contribution in [0.5, 0.6) is 0 Å². The van der Waals surface area contributed by atoms with Crippen molar-refractivity contribution in [3.05, 3.63) is 90.5 Å². The van der Waals surface area contributed by atoms with E-state index in [1.54, 1.807) is 17.0 Å². The molecule has 4 nitrogen and oxygen atoms in total. The van der Waals surface area contributed by atoms with Gasteiger partial charge in [-0.25, -0.2) is 0 Å². The molecule has 0 saturated heterocycles. The number of para-hydroxylation sites is 1. The van der Waals surface area contributed by atoms with Crippen LogP contribution >= 0.6 is 12.2 Å². The van der Waals surface area contributed by atoms with Crippen molar-refractivity contribution in [1.82, 2.24) is 0 Å². The van der Waals surface area contributed by atoms with Crippen LogP contribution in [-0.2, 0) is 0 Å². The molecule has 3 N–H and O–H groups in total. The first kappa shape index (κ1) is 16.7. The maximum Gasteiger partial charge on any atom is 0.262 e. The number of carbonyl (C=O) groups excluding carboxylic acids is 1. The Kier molecular flexibility index (Phi) is 5.06. The smallest absolute Gasteiger partial charge is 0.262 e. The number of hydrogen-bond donors (Lipinski definition) is 2. The first-order chi connectivity index (χ1) is 12.1. The van der Waals surface area contributed by atoms with E-state index < -0.39 is 0 Å². The number of hydrogen-bond acceptors (Lipinski definition) is 2. The van der Waals surface area contributed by atoms with E-state index in [1.807, 2.05) is 72.8 Å². The topological polar surface area (TPSA) is 58.4 Å². The maximum absolute atomic E-state index is 13.1. The number of rotatable bonds is 4. The summed E-state index contributed by atoms with van der Waals surface area (Å²) < 4.78 is 0. The number of carbonyl (C=O) groups is 1. The molecule has 3 rings (SSSR count). The van der Waals surface area contributed by atoms with Crippen LogP contribution in [0.3, 0.4) is 0 Å². The van der Waals surface area contributed by atoms with Gasteiger partial charge in [-0.05, 0) is 60.7 Å². The highest BCUT2D eigenvalue weighted by Gasteiger charge is 2.19. The molecule has 25 heavy (non-hydrogen) atoms. The summed E-state index contributed by atoms with van der Waals surface area (Å²) in [6.07, 6.45) is 0. The molecule has 0 atom stereocenters. The Labute approximate surface area is 151 Å². The SMILES string of the molecule is NC(=S)Nc1ccc(N(C(=O)c2ccccc2)c2ccccc2)cc1. The number of nitrogens with two attached hydrogens (primary N) is 1. The van der Waals surface area contributed by atoms with Crippen LogP contribution in [0.4, 0.5) is 17.1 Å². The van der Waals surface area contributed by atoms with Crippen molar-refractivity contribution >= 4 is 40.3 Å². The predicted molar refractivity (Wildman–Crippen MR) is 106 cm³/mol. The number of nitrogens with zero attached hydrogens (tertiary/aromatic N) is 1.